The number of thioether (sulfide) groups is 1. The molecule has 0 radical (unpaired) electrons. The molecule has 0 amide bonds. The first-order chi connectivity index (χ1) is 7.96. The molecule has 1 aromatic carbocycles. The summed E-state index contributed by atoms with van der Waals surface area (Å²) in [7, 11) is 0. The topological polar surface area (TPSA) is 3.24 Å². The van der Waals surface area contributed by atoms with E-state index in [4.69, 9.17) is 0 Å². The summed E-state index contributed by atoms with van der Waals surface area (Å²) >= 11 is 5.27. The number of halogens is 2. The second-order valence-corrected chi connectivity index (χ2v) is 7.72. The Morgan fingerprint density at radius 3 is 2.88 bits per heavy atom. The van der Waals surface area contributed by atoms with Crippen LogP contribution in [0.15, 0.2) is 22.7 Å². The van der Waals surface area contributed by atoms with E-state index in [0.29, 0.717) is 9.22 Å². The van der Waals surface area contributed by atoms with Crippen LogP contribution in [-0.4, -0.2) is 28.5 Å². The van der Waals surface area contributed by atoms with Crippen LogP contribution in [-0.2, 0) is 6.54 Å². The van der Waals surface area contributed by atoms with Crippen molar-refractivity contribution in [1.82, 2.24) is 4.90 Å². The van der Waals surface area contributed by atoms with E-state index >= 15 is 0 Å². The second kappa shape index (κ2) is 5.29. The second-order valence-electron chi connectivity index (χ2n) is 5.07. The molecule has 1 aliphatic heterocycles. The van der Waals surface area contributed by atoms with Gasteiger partial charge in [0.25, 0.3) is 0 Å². The van der Waals surface area contributed by atoms with Crippen molar-refractivity contribution in [2.24, 2.45) is 0 Å². The summed E-state index contributed by atoms with van der Waals surface area (Å²) in [6, 6.07) is 5.28. The van der Waals surface area contributed by atoms with Crippen molar-refractivity contribution < 1.29 is 4.39 Å². The maximum Gasteiger partial charge on any atom is 0.137 e. The first-order valence-electron chi connectivity index (χ1n) is 5.76. The molecule has 1 aromatic rings. The van der Waals surface area contributed by atoms with Crippen molar-refractivity contribution in [2.75, 3.05) is 18.8 Å². The smallest absolute Gasteiger partial charge is 0.137 e. The zero-order valence-electron chi connectivity index (χ0n) is 10.2. The molecule has 0 bridgehead atoms. The van der Waals surface area contributed by atoms with E-state index in [1.165, 1.54) is 17.4 Å². The van der Waals surface area contributed by atoms with Gasteiger partial charge in [-0.2, -0.15) is 11.8 Å². The third-order valence-corrected chi connectivity index (χ3v) is 4.80. The molecule has 1 aliphatic rings. The maximum atomic E-state index is 13.1. The standard InChI is InChI=1S/C13H17BrFNS/c1-13(2)9-16(5-6-17-13)8-10-3-4-12(15)11(14)7-10/h3-4,7H,5-6,8-9H2,1-2H3. The normalized spacial score (nSPS) is 20.5. The average Bonchev–Trinajstić information content (AvgIpc) is 2.22. The predicted molar refractivity (Wildman–Crippen MR) is 75.9 cm³/mol. The molecule has 0 unspecified atom stereocenters. The highest BCUT2D eigenvalue weighted by molar-refractivity contribution is 9.10. The Bertz CT molecular complexity index is 408. The van der Waals surface area contributed by atoms with Gasteiger partial charge in [0.2, 0.25) is 0 Å². The van der Waals surface area contributed by atoms with Crippen LogP contribution < -0.4 is 0 Å². The van der Waals surface area contributed by atoms with Crippen LogP contribution >= 0.6 is 27.7 Å². The minimum atomic E-state index is -0.191. The molecule has 2 rings (SSSR count). The average molecular weight is 318 g/mol. The Morgan fingerprint density at radius 2 is 2.24 bits per heavy atom. The molecule has 94 valence electrons. The van der Waals surface area contributed by atoms with Crippen molar-refractivity contribution in [2.45, 2.75) is 25.1 Å². The van der Waals surface area contributed by atoms with Gasteiger partial charge in [-0.1, -0.05) is 6.07 Å². The number of benzene rings is 1. The molecule has 0 saturated carbocycles. The molecule has 0 aliphatic carbocycles. The molecule has 1 heterocycles. The zero-order chi connectivity index (χ0) is 12.5. The van der Waals surface area contributed by atoms with Gasteiger partial charge >= 0.3 is 0 Å². The summed E-state index contributed by atoms with van der Waals surface area (Å²) in [5.41, 5.74) is 1.17. The molecule has 0 N–H and O–H groups in total. The lowest BCUT2D eigenvalue weighted by atomic mass is 10.1. The number of rotatable bonds is 2. The van der Waals surface area contributed by atoms with Crippen molar-refractivity contribution in [1.29, 1.82) is 0 Å². The van der Waals surface area contributed by atoms with E-state index in [0.717, 1.165) is 19.6 Å². The van der Waals surface area contributed by atoms with Gasteiger partial charge in [-0.15, -0.1) is 0 Å². The van der Waals surface area contributed by atoms with Crippen LogP contribution in [0.25, 0.3) is 0 Å². The highest BCUT2D eigenvalue weighted by Gasteiger charge is 2.26. The molecule has 1 nitrogen and oxygen atoms in total. The highest BCUT2D eigenvalue weighted by atomic mass is 79.9. The van der Waals surface area contributed by atoms with E-state index in [1.807, 2.05) is 23.9 Å². The summed E-state index contributed by atoms with van der Waals surface area (Å²) in [5.74, 6) is 0.985. The lowest BCUT2D eigenvalue weighted by Gasteiger charge is -2.37. The minimum absolute atomic E-state index is 0.191. The van der Waals surface area contributed by atoms with Gasteiger partial charge in [-0.05, 0) is 47.5 Å². The van der Waals surface area contributed by atoms with Crippen molar-refractivity contribution in [3.05, 3.63) is 34.1 Å². The SMILES string of the molecule is CC1(C)CN(Cc2ccc(F)c(Br)c2)CCS1. The predicted octanol–water partition coefficient (Wildman–Crippen LogP) is 3.92. The first kappa shape index (κ1) is 13.4. The van der Waals surface area contributed by atoms with Gasteiger partial charge in [0, 0.05) is 30.1 Å². The van der Waals surface area contributed by atoms with Gasteiger partial charge in [-0.25, -0.2) is 4.39 Å². The van der Waals surface area contributed by atoms with Crippen LogP contribution in [0.4, 0.5) is 4.39 Å². The van der Waals surface area contributed by atoms with E-state index in [-0.39, 0.29) is 5.82 Å². The molecule has 1 saturated heterocycles. The molecule has 0 spiro atoms. The van der Waals surface area contributed by atoms with Gasteiger partial charge in [0.15, 0.2) is 0 Å². The lowest BCUT2D eigenvalue weighted by Crippen LogP contribution is -2.42. The summed E-state index contributed by atoms with van der Waals surface area (Å²) < 4.78 is 14.0. The minimum Gasteiger partial charge on any atom is -0.297 e. The van der Waals surface area contributed by atoms with Crippen LogP contribution in [0, 0.1) is 5.82 Å². The quantitative estimate of drug-likeness (QED) is 0.813. The Morgan fingerprint density at radius 1 is 1.47 bits per heavy atom. The molecular formula is C13H17BrFNS. The van der Waals surface area contributed by atoms with Gasteiger partial charge in [0.1, 0.15) is 5.82 Å². The highest BCUT2D eigenvalue weighted by Crippen LogP contribution is 2.30. The largest absolute Gasteiger partial charge is 0.297 e. The monoisotopic (exact) mass is 317 g/mol. The molecular weight excluding hydrogens is 301 g/mol. The van der Waals surface area contributed by atoms with E-state index in [2.05, 4.69) is 34.7 Å². The van der Waals surface area contributed by atoms with Gasteiger partial charge in [-0.3, -0.25) is 4.90 Å². The lowest BCUT2D eigenvalue weighted by molar-refractivity contribution is 0.252. The fraction of sp³-hybridized carbons (Fsp3) is 0.538. The van der Waals surface area contributed by atoms with E-state index < -0.39 is 0 Å². The molecule has 17 heavy (non-hydrogen) atoms. The zero-order valence-corrected chi connectivity index (χ0v) is 12.6. The molecule has 1 fully saturated rings. The third-order valence-electron chi connectivity index (χ3n) is 2.89. The van der Waals surface area contributed by atoms with Gasteiger partial charge in [0.05, 0.1) is 4.47 Å². The van der Waals surface area contributed by atoms with Crippen LogP contribution in [0.1, 0.15) is 19.4 Å². The number of nitrogens with zero attached hydrogens (tertiary/aromatic N) is 1. The van der Waals surface area contributed by atoms with Gasteiger partial charge < -0.3 is 0 Å². The van der Waals surface area contributed by atoms with Crippen LogP contribution in [0.3, 0.4) is 0 Å². The van der Waals surface area contributed by atoms with Crippen LogP contribution in [0.2, 0.25) is 0 Å². The Labute approximate surface area is 115 Å². The van der Waals surface area contributed by atoms with Crippen molar-refractivity contribution >= 4 is 27.7 Å². The van der Waals surface area contributed by atoms with Crippen molar-refractivity contribution in [3.63, 3.8) is 0 Å². The fourth-order valence-corrected chi connectivity index (χ4v) is 3.75. The third kappa shape index (κ3) is 3.70. The Hall–Kier alpha value is -0.0600. The molecule has 0 aromatic heterocycles. The van der Waals surface area contributed by atoms with Crippen LogP contribution in [0.5, 0.6) is 0 Å². The summed E-state index contributed by atoms with van der Waals surface area (Å²) in [4.78, 5) is 2.44. The summed E-state index contributed by atoms with van der Waals surface area (Å²) in [6.45, 7) is 7.67. The number of hydrogen-bond acceptors (Lipinski definition) is 2. The summed E-state index contributed by atoms with van der Waals surface area (Å²) in [6.07, 6.45) is 0. The fourth-order valence-electron chi connectivity index (χ4n) is 2.15. The molecule has 0 atom stereocenters. The summed E-state index contributed by atoms with van der Waals surface area (Å²) in [5, 5.41) is 0. The van der Waals surface area contributed by atoms with E-state index in [9.17, 15) is 4.39 Å². The maximum absolute atomic E-state index is 13.1. The Balaban J connectivity index is 2.03. The van der Waals surface area contributed by atoms with Crippen molar-refractivity contribution in [3.8, 4) is 0 Å². The molecule has 4 heteroatoms. The first-order valence-corrected chi connectivity index (χ1v) is 7.54. The van der Waals surface area contributed by atoms with E-state index in [1.54, 1.807) is 0 Å². The number of hydrogen-bond donors (Lipinski definition) is 0. The Kier molecular flexibility index (Phi) is 4.16.